The van der Waals surface area contributed by atoms with Crippen LogP contribution in [0, 0.1) is 12.7 Å². The molecule has 0 saturated carbocycles. The highest BCUT2D eigenvalue weighted by molar-refractivity contribution is 5.53. The summed E-state index contributed by atoms with van der Waals surface area (Å²) in [5.41, 5.74) is 2.19. The number of aryl methyl sites for hydroxylation is 1. The van der Waals surface area contributed by atoms with Crippen molar-refractivity contribution in [3.8, 4) is 0 Å². The van der Waals surface area contributed by atoms with Crippen LogP contribution in [0.15, 0.2) is 18.2 Å². The summed E-state index contributed by atoms with van der Waals surface area (Å²) in [5.74, 6) is -0.148. The zero-order valence-electron chi connectivity index (χ0n) is 9.96. The van der Waals surface area contributed by atoms with E-state index in [0.717, 1.165) is 37.3 Å². The molecular formula is C13H19FN2. The summed E-state index contributed by atoms with van der Waals surface area (Å²) in [7, 11) is 0. The van der Waals surface area contributed by atoms with Crippen LogP contribution in [-0.2, 0) is 0 Å². The van der Waals surface area contributed by atoms with E-state index in [0.29, 0.717) is 6.04 Å². The first kappa shape index (κ1) is 11.4. The molecule has 88 valence electrons. The van der Waals surface area contributed by atoms with Gasteiger partial charge in [0.1, 0.15) is 5.82 Å². The maximum absolute atomic E-state index is 13.3. The van der Waals surface area contributed by atoms with Crippen LogP contribution in [0.2, 0.25) is 0 Å². The van der Waals surface area contributed by atoms with E-state index in [4.69, 9.17) is 0 Å². The number of benzene rings is 1. The molecule has 2 nitrogen and oxygen atoms in total. The fourth-order valence-electron chi connectivity index (χ4n) is 2.25. The minimum absolute atomic E-state index is 0.148. The topological polar surface area (TPSA) is 15.3 Å². The number of nitrogens with one attached hydrogen (secondary N) is 1. The summed E-state index contributed by atoms with van der Waals surface area (Å²) in [6.07, 6.45) is 1.11. The maximum Gasteiger partial charge on any atom is 0.125 e. The van der Waals surface area contributed by atoms with Crippen molar-refractivity contribution in [1.82, 2.24) is 5.32 Å². The normalized spacial score (nSPS) is 21.9. The Bertz CT molecular complexity index is 365. The van der Waals surface area contributed by atoms with E-state index in [9.17, 15) is 4.39 Å². The first-order valence-electron chi connectivity index (χ1n) is 5.91. The van der Waals surface area contributed by atoms with Gasteiger partial charge in [-0.15, -0.1) is 0 Å². The van der Waals surface area contributed by atoms with Gasteiger partial charge in [0.15, 0.2) is 0 Å². The molecule has 2 rings (SSSR count). The zero-order chi connectivity index (χ0) is 11.5. The van der Waals surface area contributed by atoms with E-state index in [1.807, 2.05) is 13.0 Å². The second-order valence-electron chi connectivity index (χ2n) is 4.59. The molecule has 1 fully saturated rings. The maximum atomic E-state index is 13.3. The van der Waals surface area contributed by atoms with Crippen LogP contribution in [0.25, 0.3) is 0 Å². The van der Waals surface area contributed by atoms with Crippen LogP contribution in [0.4, 0.5) is 10.1 Å². The first-order valence-corrected chi connectivity index (χ1v) is 5.91. The molecule has 1 heterocycles. The minimum Gasteiger partial charge on any atom is -0.370 e. The number of anilines is 1. The Morgan fingerprint density at radius 3 is 3.06 bits per heavy atom. The Kier molecular flexibility index (Phi) is 3.44. The molecule has 0 aliphatic carbocycles. The molecule has 0 radical (unpaired) electrons. The molecule has 1 aromatic rings. The summed E-state index contributed by atoms with van der Waals surface area (Å²) < 4.78 is 13.3. The van der Waals surface area contributed by atoms with Crippen molar-refractivity contribution in [3.05, 3.63) is 29.6 Å². The van der Waals surface area contributed by atoms with Crippen molar-refractivity contribution in [1.29, 1.82) is 0 Å². The molecule has 0 amide bonds. The number of rotatable bonds is 1. The largest absolute Gasteiger partial charge is 0.370 e. The van der Waals surface area contributed by atoms with Gasteiger partial charge in [0.25, 0.3) is 0 Å². The molecule has 3 heteroatoms. The van der Waals surface area contributed by atoms with Gasteiger partial charge >= 0.3 is 0 Å². The van der Waals surface area contributed by atoms with E-state index < -0.39 is 0 Å². The summed E-state index contributed by atoms with van der Waals surface area (Å²) in [6, 6.07) is 5.49. The fourth-order valence-corrected chi connectivity index (χ4v) is 2.25. The number of halogens is 1. The van der Waals surface area contributed by atoms with Crippen molar-refractivity contribution in [2.45, 2.75) is 26.3 Å². The Labute approximate surface area is 96.5 Å². The third kappa shape index (κ3) is 2.53. The molecule has 0 bridgehead atoms. The van der Waals surface area contributed by atoms with Gasteiger partial charge in [0, 0.05) is 24.8 Å². The zero-order valence-corrected chi connectivity index (χ0v) is 9.96. The average molecular weight is 222 g/mol. The second-order valence-corrected chi connectivity index (χ2v) is 4.59. The van der Waals surface area contributed by atoms with Crippen LogP contribution < -0.4 is 10.2 Å². The van der Waals surface area contributed by atoms with Crippen molar-refractivity contribution in [2.24, 2.45) is 0 Å². The second kappa shape index (κ2) is 4.83. The summed E-state index contributed by atoms with van der Waals surface area (Å²) >= 11 is 0. The SMILES string of the molecule is Cc1ccc(F)cc1N1CCCNC(C)C1. The first-order chi connectivity index (χ1) is 7.66. The van der Waals surface area contributed by atoms with Crippen LogP contribution in [0.3, 0.4) is 0 Å². The van der Waals surface area contributed by atoms with Crippen molar-refractivity contribution < 1.29 is 4.39 Å². The highest BCUT2D eigenvalue weighted by Crippen LogP contribution is 2.22. The monoisotopic (exact) mass is 222 g/mol. The van der Waals surface area contributed by atoms with Gasteiger partial charge in [0.05, 0.1) is 0 Å². The van der Waals surface area contributed by atoms with Crippen LogP contribution in [0.5, 0.6) is 0 Å². The van der Waals surface area contributed by atoms with Gasteiger partial charge in [-0.2, -0.15) is 0 Å². The predicted octanol–water partition coefficient (Wildman–Crippen LogP) is 2.32. The molecule has 1 aromatic carbocycles. The van der Waals surface area contributed by atoms with Gasteiger partial charge in [-0.1, -0.05) is 6.07 Å². The smallest absolute Gasteiger partial charge is 0.125 e. The Balaban J connectivity index is 2.24. The summed E-state index contributed by atoms with van der Waals surface area (Å²) in [4.78, 5) is 2.28. The molecule has 1 atom stereocenters. The highest BCUT2D eigenvalue weighted by Gasteiger charge is 2.16. The lowest BCUT2D eigenvalue weighted by Crippen LogP contribution is -2.35. The van der Waals surface area contributed by atoms with Gasteiger partial charge in [0.2, 0.25) is 0 Å². The van der Waals surface area contributed by atoms with Gasteiger partial charge in [-0.3, -0.25) is 0 Å². The van der Waals surface area contributed by atoms with E-state index >= 15 is 0 Å². The van der Waals surface area contributed by atoms with Gasteiger partial charge < -0.3 is 10.2 Å². The van der Waals surface area contributed by atoms with E-state index in [-0.39, 0.29) is 5.82 Å². The Hall–Kier alpha value is -1.09. The quantitative estimate of drug-likeness (QED) is 0.784. The number of hydrogen-bond donors (Lipinski definition) is 1. The Morgan fingerprint density at radius 2 is 2.25 bits per heavy atom. The van der Waals surface area contributed by atoms with Crippen LogP contribution >= 0.6 is 0 Å². The lowest BCUT2D eigenvalue weighted by molar-refractivity contribution is 0.583. The molecule has 16 heavy (non-hydrogen) atoms. The van der Waals surface area contributed by atoms with Crippen molar-refractivity contribution in [3.63, 3.8) is 0 Å². The molecule has 1 unspecified atom stereocenters. The lowest BCUT2D eigenvalue weighted by atomic mass is 10.1. The molecule has 1 aliphatic heterocycles. The number of hydrogen-bond acceptors (Lipinski definition) is 2. The molecule has 1 aliphatic rings. The van der Waals surface area contributed by atoms with Gasteiger partial charge in [-0.05, 0) is 44.5 Å². The Morgan fingerprint density at radius 1 is 1.44 bits per heavy atom. The molecule has 1 N–H and O–H groups in total. The number of nitrogens with zero attached hydrogens (tertiary/aromatic N) is 1. The summed E-state index contributed by atoms with van der Waals surface area (Å²) in [5, 5.41) is 3.44. The average Bonchev–Trinajstić information content (AvgIpc) is 2.46. The third-order valence-electron chi connectivity index (χ3n) is 3.10. The van der Waals surface area contributed by atoms with E-state index in [1.165, 1.54) is 6.07 Å². The third-order valence-corrected chi connectivity index (χ3v) is 3.10. The predicted molar refractivity (Wildman–Crippen MR) is 65.4 cm³/mol. The van der Waals surface area contributed by atoms with E-state index in [2.05, 4.69) is 17.1 Å². The molecule has 0 aromatic heterocycles. The standard InChI is InChI=1S/C13H19FN2/c1-10-4-5-12(14)8-13(10)16-7-3-6-15-11(2)9-16/h4-5,8,11,15H,3,6-7,9H2,1-2H3. The van der Waals surface area contributed by atoms with Crippen LogP contribution in [0.1, 0.15) is 18.9 Å². The fraction of sp³-hybridized carbons (Fsp3) is 0.538. The van der Waals surface area contributed by atoms with Crippen molar-refractivity contribution in [2.75, 3.05) is 24.5 Å². The molecular weight excluding hydrogens is 203 g/mol. The minimum atomic E-state index is -0.148. The molecule has 1 saturated heterocycles. The summed E-state index contributed by atoms with van der Waals surface area (Å²) in [6.45, 7) is 7.21. The lowest BCUT2D eigenvalue weighted by Gasteiger charge is -2.26. The van der Waals surface area contributed by atoms with Crippen molar-refractivity contribution >= 4 is 5.69 Å². The highest BCUT2D eigenvalue weighted by atomic mass is 19.1. The molecule has 0 spiro atoms. The van der Waals surface area contributed by atoms with E-state index in [1.54, 1.807) is 6.07 Å². The van der Waals surface area contributed by atoms with Crippen LogP contribution in [-0.4, -0.2) is 25.7 Å². The van der Waals surface area contributed by atoms with Gasteiger partial charge in [-0.25, -0.2) is 4.39 Å².